The maximum atomic E-state index is 13.2. The van der Waals surface area contributed by atoms with Crippen molar-refractivity contribution >= 4 is 42.3 Å². The molecule has 1 saturated heterocycles. The average molecular weight is 448 g/mol. The zero-order valence-corrected chi connectivity index (χ0v) is 17.1. The van der Waals surface area contributed by atoms with Crippen LogP contribution in [0, 0.1) is 0 Å². The van der Waals surface area contributed by atoms with E-state index in [0.717, 1.165) is 44.2 Å². The molecular weight excluding hydrogens is 426 g/mol. The second-order valence-electron chi connectivity index (χ2n) is 7.63. The highest BCUT2D eigenvalue weighted by Crippen LogP contribution is 2.44. The summed E-state index contributed by atoms with van der Waals surface area (Å²) in [4.78, 5) is 8.00. The second-order valence-corrected chi connectivity index (χ2v) is 7.63. The van der Waals surface area contributed by atoms with Gasteiger partial charge in [-0.3, -0.25) is 0 Å². The number of halogens is 5. The van der Waals surface area contributed by atoms with Gasteiger partial charge in [0.15, 0.2) is 0 Å². The Bertz CT molecular complexity index is 889. The molecule has 29 heavy (non-hydrogen) atoms. The number of hydrogen-bond donors (Lipinski definition) is 3. The van der Waals surface area contributed by atoms with Crippen molar-refractivity contribution in [3.63, 3.8) is 0 Å². The molecule has 2 atom stereocenters. The van der Waals surface area contributed by atoms with Crippen LogP contribution in [0.25, 0.3) is 0 Å². The Balaban J connectivity index is 0.00000120. The van der Waals surface area contributed by atoms with Crippen LogP contribution in [0.3, 0.4) is 0 Å². The Morgan fingerprint density at radius 3 is 2.45 bits per heavy atom. The van der Waals surface area contributed by atoms with Crippen LogP contribution in [0.1, 0.15) is 47.8 Å². The van der Waals surface area contributed by atoms with Gasteiger partial charge in [0, 0.05) is 31.0 Å². The predicted molar refractivity (Wildman–Crippen MR) is 111 cm³/mol. The summed E-state index contributed by atoms with van der Waals surface area (Å²) in [6.07, 6.45) is -0.729. The van der Waals surface area contributed by atoms with Crippen LogP contribution >= 0.6 is 24.8 Å². The van der Waals surface area contributed by atoms with E-state index in [2.05, 4.69) is 38.1 Å². The average Bonchev–Trinajstić information content (AvgIpc) is 3.41. The Hall–Kier alpha value is -1.77. The fourth-order valence-corrected chi connectivity index (χ4v) is 4.10. The Kier molecular flexibility index (Phi) is 6.17. The van der Waals surface area contributed by atoms with Crippen LogP contribution in [0.5, 0.6) is 0 Å². The summed E-state index contributed by atoms with van der Waals surface area (Å²) < 4.78 is 39.6. The first-order valence-electron chi connectivity index (χ1n) is 9.30. The van der Waals surface area contributed by atoms with Gasteiger partial charge in [-0.25, -0.2) is 4.98 Å². The number of rotatable bonds is 4. The summed E-state index contributed by atoms with van der Waals surface area (Å²) in [6, 6.07) is 6.22. The largest absolute Gasteiger partial charge is 0.421 e. The Labute approximate surface area is 179 Å². The number of alkyl halides is 3. The summed E-state index contributed by atoms with van der Waals surface area (Å²) in [6.45, 7) is 1.98. The number of benzene rings is 1. The van der Waals surface area contributed by atoms with Gasteiger partial charge in [0.05, 0.1) is 0 Å². The SMILES string of the molecule is Cl.Cl.FC(F)(F)c1cnc(Nc2ccc3c(c2)C2CNCC3C2)nc1NC1CC1. The standard InChI is InChI=1S/C19H20F3N5.2ClH/c20-19(21,22)16-9-24-18(27-17(16)25-12-1-2-12)26-13-3-4-14-10-5-11(8-23-7-10)15(14)6-13;;/h3-4,6,9-12,23H,1-2,5,7-8H2,(H2,24,25,26,27);2*1H. The van der Waals surface area contributed by atoms with Crippen LogP contribution in [0.15, 0.2) is 24.4 Å². The molecule has 3 aliphatic rings. The normalized spacial score (nSPS) is 22.2. The lowest BCUT2D eigenvalue weighted by molar-refractivity contribution is -0.137. The van der Waals surface area contributed by atoms with Gasteiger partial charge < -0.3 is 16.0 Å². The van der Waals surface area contributed by atoms with Crippen LogP contribution in [-0.4, -0.2) is 29.1 Å². The van der Waals surface area contributed by atoms with Crippen molar-refractivity contribution in [1.29, 1.82) is 0 Å². The summed E-state index contributed by atoms with van der Waals surface area (Å²) in [7, 11) is 0. The fraction of sp³-hybridized carbons (Fsp3) is 0.474. The molecule has 0 amide bonds. The van der Waals surface area contributed by atoms with Crippen LogP contribution < -0.4 is 16.0 Å². The van der Waals surface area contributed by atoms with Gasteiger partial charge in [-0.1, -0.05) is 6.07 Å². The molecule has 2 bridgehead atoms. The molecule has 2 aromatic rings. The van der Waals surface area contributed by atoms with Gasteiger partial charge in [-0.05, 0) is 54.4 Å². The summed E-state index contributed by atoms with van der Waals surface area (Å²) >= 11 is 0. The van der Waals surface area contributed by atoms with E-state index in [9.17, 15) is 13.2 Å². The number of nitrogens with one attached hydrogen (secondary N) is 3. The highest BCUT2D eigenvalue weighted by Gasteiger charge is 2.37. The molecule has 5 rings (SSSR count). The zero-order chi connectivity index (χ0) is 18.6. The number of hydrogen-bond acceptors (Lipinski definition) is 5. The molecule has 5 nitrogen and oxygen atoms in total. The van der Waals surface area contributed by atoms with Crippen LogP contribution in [0.2, 0.25) is 0 Å². The van der Waals surface area contributed by atoms with Crippen molar-refractivity contribution < 1.29 is 13.2 Å². The summed E-state index contributed by atoms with van der Waals surface area (Å²) in [5.74, 6) is 1.08. The third-order valence-electron chi connectivity index (χ3n) is 5.59. The van der Waals surface area contributed by atoms with Crippen LogP contribution in [-0.2, 0) is 6.18 Å². The molecular formula is C19H22Cl2F3N5. The topological polar surface area (TPSA) is 61.9 Å². The molecule has 1 saturated carbocycles. The molecule has 0 spiro atoms. The third kappa shape index (κ3) is 4.39. The molecule has 1 aliphatic heterocycles. The summed E-state index contributed by atoms with van der Waals surface area (Å²) in [5.41, 5.74) is 2.67. The van der Waals surface area contributed by atoms with Crippen molar-refractivity contribution in [2.24, 2.45) is 0 Å². The van der Waals surface area contributed by atoms with E-state index in [0.29, 0.717) is 11.8 Å². The van der Waals surface area contributed by atoms with Gasteiger partial charge in [-0.15, -0.1) is 24.8 Å². The van der Waals surface area contributed by atoms with Gasteiger partial charge in [-0.2, -0.15) is 18.2 Å². The minimum Gasteiger partial charge on any atom is -0.367 e. The molecule has 2 fully saturated rings. The van der Waals surface area contributed by atoms with E-state index < -0.39 is 11.7 Å². The molecule has 10 heteroatoms. The maximum Gasteiger partial charge on any atom is 0.421 e. The molecule has 0 radical (unpaired) electrons. The maximum absolute atomic E-state index is 13.2. The number of fused-ring (bicyclic) bond motifs is 5. The first-order valence-corrected chi connectivity index (χ1v) is 9.30. The highest BCUT2D eigenvalue weighted by molar-refractivity contribution is 5.85. The van der Waals surface area contributed by atoms with Crippen LogP contribution in [0.4, 0.5) is 30.6 Å². The van der Waals surface area contributed by atoms with Gasteiger partial charge >= 0.3 is 6.18 Å². The first-order chi connectivity index (χ1) is 13.0. The van der Waals surface area contributed by atoms with Gasteiger partial charge in [0.2, 0.25) is 5.95 Å². The molecule has 2 unspecified atom stereocenters. The Morgan fingerprint density at radius 2 is 1.76 bits per heavy atom. The van der Waals surface area contributed by atoms with E-state index in [1.165, 1.54) is 11.1 Å². The lowest BCUT2D eigenvalue weighted by Gasteiger charge is -2.19. The van der Waals surface area contributed by atoms with E-state index in [1.807, 2.05) is 6.07 Å². The molecule has 2 heterocycles. The van der Waals surface area contributed by atoms with Crippen molar-refractivity contribution in [2.45, 2.75) is 43.3 Å². The highest BCUT2D eigenvalue weighted by atomic mass is 35.5. The number of piperidine rings is 1. The quantitative estimate of drug-likeness (QED) is 0.626. The minimum absolute atomic E-state index is 0. The minimum atomic E-state index is -4.48. The summed E-state index contributed by atoms with van der Waals surface area (Å²) in [5, 5.41) is 9.40. The van der Waals surface area contributed by atoms with Gasteiger partial charge in [0.1, 0.15) is 11.4 Å². The molecule has 3 N–H and O–H groups in total. The van der Waals surface area contributed by atoms with E-state index in [-0.39, 0.29) is 42.6 Å². The third-order valence-corrected chi connectivity index (χ3v) is 5.59. The van der Waals surface area contributed by atoms with Crippen molar-refractivity contribution in [1.82, 2.24) is 15.3 Å². The van der Waals surface area contributed by atoms with E-state index in [4.69, 9.17) is 0 Å². The molecule has 2 aliphatic carbocycles. The zero-order valence-electron chi connectivity index (χ0n) is 15.4. The fourth-order valence-electron chi connectivity index (χ4n) is 4.10. The monoisotopic (exact) mass is 447 g/mol. The van der Waals surface area contributed by atoms with Crippen molar-refractivity contribution in [3.8, 4) is 0 Å². The number of nitrogens with zero attached hydrogens (tertiary/aromatic N) is 2. The molecule has 1 aromatic heterocycles. The van der Waals surface area contributed by atoms with E-state index in [1.54, 1.807) is 0 Å². The van der Waals surface area contributed by atoms with Crippen molar-refractivity contribution in [2.75, 3.05) is 23.7 Å². The number of anilines is 3. The predicted octanol–water partition coefficient (Wildman–Crippen LogP) is 4.83. The number of aromatic nitrogens is 2. The smallest absolute Gasteiger partial charge is 0.367 e. The van der Waals surface area contributed by atoms with Gasteiger partial charge in [0.25, 0.3) is 0 Å². The lowest BCUT2D eigenvalue weighted by atomic mass is 9.98. The second kappa shape index (κ2) is 8.16. The lowest BCUT2D eigenvalue weighted by Crippen LogP contribution is -2.28. The van der Waals surface area contributed by atoms with Crippen molar-refractivity contribution in [3.05, 3.63) is 41.1 Å². The molecule has 158 valence electrons. The van der Waals surface area contributed by atoms with E-state index >= 15 is 0 Å². The molecule has 1 aromatic carbocycles. The first kappa shape index (κ1) is 21.9. The Morgan fingerprint density at radius 1 is 1.03 bits per heavy atom.